The zero-order valence-electron chi connectivity index (χ0n) is 13.4. The van der Waals surface area contributed by atoms with Crippen molar-refractivity contribution in [1.82, 2.24) is 25.0 Å². The second-order valence-electron chi connectivity index (χ2n) is 5.49. The van der Waals surface area contributed by atoms with Crippen LogP contribution in [0, 0.1) is 5.82 Å². The molecule has 0 saturated carbocycles. The van der Waals surface area contributed by atoms with E-state index in [9.17, 15) is 9.18 Å². The number of aromatic amines is 1. The van der Waals surface area contributed by atoms with Crippen LogP contribution in [0.1, 0.15) is 16.1 Å². The molecule has 0 unspecified atom stereocenters. The van der Waals surface area contributed by atoms with Gasteiger partial charge < -0.3 is 4.42 Å². The molecule has 8 nitrogen and oxygen atoms in total. The Kier molecular flexibility index (Phi) is 4.02. The molecule has 3 heterocycles. The lowest BCUT2D eigenvalue weighted by molar-refractivity contribution is 0.102. The molecule has 0 aliphatic carbocycles. The number of carbonyl (C=O) groups is 1. The molecule has 0 atom stereocenters. The molecule has 4 rings (SSSR count). The number of furan rings is 1. The minimum absolute atomic E-state index is 0.152. The van der Waals surface area contributed by atoms with E-state index in [0.717, 1.165) is 5.56 Å². The molecular weight excluding hydrogens is 339 g/mol. The maximum atomic E-state index is 12.9. The number of hydrogen-bond acceptors (Lipinski definition) is 5. The van der Waals surface area contributed by atoms with Gasteiger partial charge in [-0.05, 0) is 29.8 Å². The van der Waals surface area contributed by atoms with Crippen molar-refractivity contribution in [2.45, 2.75) is 6.54 Å². The van der Waals surface area contributed by atoms with Crippen molar-refractivity contribution in [2.24, 2.45) is 0 Å². The standard InChI is InChI=1S/C17H13FN6O2/c18-12-5-3-11(4-6-12)9-24-10-19-17(23-24)20-16(25)14-8-13(21-22-14)15-2-1-7-26-15/h1-8,10H,9H2,(H,21,22)(H,20,23,25). The van der Waals surface area contributed by atoms with Crippen LogP contribution < -0.4 is 5.32 Å². The molecule has 1 amide bonds. The van der Waals surface area contributed by atoms with E-state index in [1.165, 1.54) is 24.7 Å². The van der Waals surface area contributed by atoms with Crippen LogP contribution in [0.15, 0.2) is 59.5 Å². The molecule has 26 heavy (non-hydrogen) atoms. The summed E-state index contributed by atoms with van der Waals surface area (Å²) in [5, 5.41) is 13.4. The molecule has 1 aromatic carbocycles. The Morgan fingerprint density at radius 2 is 2.12 bits per heavy atom. The molecular formula is C17H13FN6O2. The van der Waals surface area contributed by atoms with E-state index in [1.54, 1.807) is 35.0 Å². The Labute approximate surface area is 146 Å². The van der Waals surface area contributed by atoms with Crippen LogP contribution in [0.5, 0.6) is 0 Å². The number of nitrogens with zero attached hydrogens (tertiary/aromatic N) is 4. The van der Waals surface area contributed by atoms with Crippen LogP contribution in [0.25, 0.3) is 11.5 Å². The number of amides is 1. The Hall–Kier alpha value is -3.75. The second kappa shape index (κ2) is 6.63. The van der Waals surface area contributed by atoms with Gasteiger partial charge in [-0.3, -0.25) is 15.2 Å². The first-order chi connectivity index (χ1) is 12.7. The molecule has 0 fully saturated rings. The van der Waals surface area contributed by atoms with Gasteiger partial charge in [-0.25, -0.2) is 14.1 Å². The van der Waals surface area contributed by atoms with Crippen molar-refractivity contribution in [3.63, 3.8) is 0 Å². The lowest BCUT2D eigenvalue weighted by Gasteiger charge is -2.00. The fraction of sp³-hybridized carbons (Fsp3) is 0.0588. The average Bonchev–Trinajstić information content (AvgIpc) is 3.38. The molecule has 0 radical (unpaired) electrons. The first kappa shape index (κ1) is 15.8. The van der Waals surface area contributed by atoms with Gasteiger partial charge in [-0.2, -0.15) is 5.10 Å². The summed E-state index contributed by atoms with van der Waals surface area (Å²) in [6.45, 7) is 0.411. The van der Waals surface area contributed by atoms with Gasteiger partial charge in [0.2, 0.25) is 5.95 Å². The van der Waals surface area contributed by atoms with E-state index < -0.39 is 5.91 Å². The normalized spacial score (nSPS) is 10.8. The van der Waals surface area contributed by atoms with Gasteiger partial charge in [0.05, 0.1) is 12.8 Å². The van der Waals surface area contributed by atoms with E-state index in [-0.39, 0.29) is 17.5 Å². The predicted octanol–water partition coefficient (Wildman–Crippen LogP) is 2.70. The van der Waals surface area contributed by atoms with Crippen molar-refractivity contribution in [2.75, 3.05) is 5.32 Å². The summed E-state index contributed by atoms with van der Waals surface area (Å²) < 4.78 is 19.7. The highest BCUT2D eigenvalue weighted by Gasteiger charge is 2.14. The minimum atomic E-state index is -0.446. The maximum Gasteiger partial charge on any atom is 0.278 e. The monoisotopic (exact) mass is 352 g/mol. The van der Waals surface area contributed by atoms with Crippen LogP contribution in [0.3, 0.4) is 0 Å². The lowest BCUT2D eigenvalue weighted by atomic mass is 10.2. The van der Waals surface area contributed by atoms with Gasteiger partial charge in [-0.15, -0.1) is 5.10 Å². The third-order valence-electron chi connectivity index (χ3n) is 3.62. The van der Waals surface area contributed by atoms with Gasteiger partial charge >= 0.3 is 0 Å². The van der Waals surface area contributed by atoms with Gasteiger partial charge in [0.25, 0.3) is 5.91 Å². The molecule has 4 aromatic rings. The van der Waals surface area contributed by atoms with Crippen LogP contribution in [-0.4, -0.2) is 30.9 Å². The number of hydrogen-bond donors (Lipinski definition) is 2. The van der Waals surface area contributed by atoms with Crippen molar-refractivity contribution < 1.29 is 13.6 Å². The van der Waals surface area contributed by atoms with E-state index in [4.69, 9.17) is 4.42 Å². The Morgan fingerprint density at radius 3 is 2.88 bits per heavy atom. The van der Waals surface area contributed by atoms with E-state index >= 15 is 0 Å². The third kappa shape index (κ3) is 3.36. The highest BCUT2D eigenvalue weighted by atomic mass is 19.1. The Balaban J connectivity index is 1.42. The van der Waals surface area contributed by atoms with Crippen LogP contribution in [0.2, 0.25) is 0 Å². The van der Waals surface area contributed by atoms with Crippen molar-refractivity contribution >= 4 is 11.9 Å². The molecule has 0 aliphatic heterocycles. The summed E-state index contributed by atoms with van der Waals surface area (Å²) >= 11 is 0. The number of halogens is 1. The molecule has 2 N–H and O–H groups in total. The summed E-state index contributed by atoms with van der Waals surface area (Å²) in [7, 11) is 0. The predicted molar refractivity (Wildman–Crippen MR) is 89.8 cm³/mol. The second-order valence-corrected chi connectivity index (χ2v) is 5.49. The lowest BCUT2D eigenvalue weighted by Crippen LogP contribution is -2.14. The molecule has 0 spiro atoms. The molecule has 9 heteroatoms. The SMILES string of the molecule is O=C(Nc1ncn(Cc2ccc(F)cc2)n1)c1cc(-c2ccco2)[nH]n1. The molecule has 0 bridgehead atoms. The van der Waals surface area contributed by atoms with Gasteiger partial charge in [0, 0.05) is 6.07 Å². The summed E-state index contributed by atoms with van der Waals surface area (Å²) in [6, 6.07) is 11.2. The zero-order chi connectivity index (χ0) is 17.9. The van der Waals surface area contributed by atoms with Gasteiger partial charge in [-0.1, -0.05) is 12.1 Å². The number of benzene rings is 1. The maximum absolute atomic E-state index is 12.9. The van der Waals surface area contributed by atoms with E-state index in [1.807, 2.05) is 0 Å². The third-order valence-corrected chi connectivity index (χ3v) is 3.62. The Morgan fingerprint density at radius 1 is 1.27 bits per heavy atom. The fourth-order valence-corrected chi connectivity index (χ4v) is 2.37. The highest BCUT2D eigenvalue weighted by Crippen LogP contribution is 2.18. The molecule has 3 aromatic heterocycles. The van der Waals surface area contributed by atoms with Crippen LogP contribution in [-0.2, 0) is 6.54 Å². The minimum Gasteiger partial charge on any atom is -0.463 e. The average molecular weight is 352 g/mol. The van der Waals surface area contributed by atoms with Crippen molar-refractivity contribution in [1.29, 1.82) is 0 Å². The quantitative estimate of drug-likeness (QED) is 0.575. The van der Waals surface area contributed by atoms with Gasteiger partial charge in [0.1, 0.15) is 17.8 Å². The molecule has 130 valence electrons. The molecule has 0 saturated heterocycles. The van der Waals surface area contributed by atoms with E-state index in [0.29, 0.717) is 18.0 Å². The largest absolute Gasteiger partial charge is 0.463 e. The summed E-state index contributed by atoms with van der Waals surface area (Å²) in [5.41, 5.74) is 1.64. The Bertz CT molecular complexity index is 1020. The zero-order valence-corrected chi connectivity index (χ0v) is 13.4. The number of rotatable bonds is 5. The number of carbonyl (C=O) groups excluding carboxylic acids is 1. The summed E-state index contributed by atoms with van der Waals surface area (Å²) in [6.07, 6.45) is 3.02. The number of H-pyrrole nitrogens is 1. The summed E-state index contributed by atoms with van der Waals surface area (Å²) in [4.78, 5) is 16.3. The topological polar surface area (TPSA) is 102 Å². The fourth-order valence-electron chi connectivity index (χ4n) is 2.37. The van der Waals surface area contributed by atoms with Gasteiger partial charge in [0.15, 0.2) is 11.5 Å². The number of anilines is 1. The van der Waals surface area contributed by atoms with Crippen molar-refractivity contribution in [3.8, 4) is 11.5 Å². The number of nitrogens with one attached hydrogen (secondary N) is 2. The highest BCUT2D eigenvalue weighted by molar-refractivity contribution is 6.02. The molecule has 0 aliphatic rings. The van der Waals surface area contributed by atoms with Crippen molar-refractivity contribution in [3.05, 3.63) is 72.1 Å². The smallest absolute Gasteiger partial charge is 0.278 e. The van der Waals surface area contributed by atoms with E-state index in [2.05, 4.69) is 25.6 Å². The first-order valence-electron chi connectivity index (χ1n) is 7.72. The first-order valence-corrected chi connectivity index (χ1v) is 7.72. The number of aromatic nitrogens is 5. The van der Waals surface area contributed by atoms with Crippen LogP contribution >= 0.6 is 0 Å². The van der Waals surface area contributed by atoms with Crippen LogP contribution in [0.4, 0.5) is 10.3 Å². The summed E-state index contributed by atoms with van der Waals surface area (Å²) in [5.74, 6) is -0.00953.